The largest absolute Gasteiger partial charge is 0.446 e. The van der Waals surface area contributed by atoms with Crippen molar-refractivity contribution < 1.29 is 19.1 Å². The van der Waals surface area contributed by atoms with Gasteiger partial charge in [0, 0.05) is 29.5 Å². The number of anilines is 1. The van der Waals surface area contributed by atoms with Gasteiger partial charge in [-0.15, -0.1) is 0 Å². The molecule has 5 N–H and O–H groups in total. The quantitative estimate of drug-likeness (QED) is 0.179. The van der Waals surface area contributed by atoms with Gasteiger partial charge in [-0.25, -0.2) is 15.0 Å². The maximum atomic E-state index is 13.0. The third-order valence-corrected chi connectivity index (χ3v) is 6.64. The van der Waals surface area contributed by atoms with E-state index < -0.39 is 11.8 Å². The fourth-order valence-electron chi connectivity index (χ4n) is 4.66. The van der Waals surface area contributed by atoms with Crippen molar-refractivity contribution in [3.8, 4) is 0 Å². The smallest absolute Gasteiger partial charge is 0.321 e. The summed E-state index contributed by atoms with van der Waals surface area (Å²) in [6.07, 6.45) is 1.53. The number of amides is 1. The van der Waals surface area contributed by atoms with Gasteiger partial charge in [-0.1, -0.05) is 48.5 Å². The zero-order chi connectivity index (χ0) is 27.4. The van der Waals surface area contributed by atoms with Crippen molar-refractivity contribution >= 4 is 34.6 Å². The Morgan fingerprint density at radius 3 is 2.41 bits per heavy atom. The highest BCUT2D eigenvalue weighted by atomic mass is 16.6. The minimum atomic E-state index is -0.688. The first kappa shape index (κ1) is 26.0. The molecule has 0 radical (unpaired) electrons. The van der Waals surface area contributed by atoms with Crippen LogP contribution in [0.2, 0.25) is 0 Å². The van der Waals surface area contributed by atoms with E-state index in [4.69, 9.17) is 10.5 Å². The monoisotopic (exact) mass is 527 g/mol. The lowest BCUT2D eigenvalue weighted by atomic mass is 9.89. The fourth-order valence-corrected chi connectivity index (χ4v) is 4.66. The first-order chi connectivity index (χ1) is 18.8. The molecule has 39 heavy (non-hydrogen) atoms. The molecular weight excluding hydrogens is 498 g/mol. The van der Waals surface area contributed by atoms with Crippen molar-refractivity contribution in [1.82, 2.24) is 30.6 Å². The van der Waals surface area contributed by atoms with E-state index in [-0.39, 0.29) is 35.8 Å². The molecule has 0 bridgehead atoms. The van der Waals surface area contributed by atoms with Crippen molar-refractivity contribution in [3.05, 3.63) is 83.4 Å². The lowest BCUT2D eigenvalue weighted by molar-refractivity contribution is -0.141. The second-order valence-electron chi connectivity index (χ2n) is 9.80. The molecule has 11 heteroatoms. The molecule has 1 saturated heterocycles. The predicted octanol–water partition coefficient (Wildman–Crippen LogP) is 2.54. The molecule has 1 aliphatic rings. The summed E-state index contributed by atoms with van der Waals surface area (Å²) in [5.74, 6) is 0.0311. The number of aromatic amines is 1. The van der Waals surface area contributed by atoms with Crippen LogP contribution >= 0.6 is 0 Å². The topological polar surface area (TPSA) is 165 Å². The van der Waals surface area contributed by atoms with Gasteiger partial charge in [0.05, 0.1) is 6.54 Å². The summed E-state index contributed by atoms with van der Waals surface area (Å²) in [6, 6.07) is 17.8. The van der Waals surface area contributed by atoms with Gasteiger partial charge in [0.25, 0.3) is 5.91 Å². The zero-order valence-corrected chi connectivity index (χ0v) is 21.4. The first-order valence-electron chi connectivity index (χ1n) is 12.7. The summed E-state index contributed by atoms with van der Waals surface area (Å²) < 4.78 is 5.34. The predicted molar refractivity (Wildman–Crippen MR) is 144 cm³/mol. The average Bonchev–Trinajstić information content (AvgIpc) is 3.55. The fraction of sp³-hybridized carbons (Fsp3) is 0.286. The van der Waals surface area contributed by atoms with E-state index in [2.05, 4.69) is 30.6 Å². The summed E-state index contributed by atoms with van der Waals surface area (Å²) in [5, 5.41) is 6.15. The van der Waals surface area contributed by atoms with Crippen molar-refractivity contribution in [2.45, 2.75) is 44.4 Å². The molecule has 5 rings (SSSR count). The van der Waals surface area contributed by atoms with Crippen LogP contribution in [-0.2, 0) is 16.0 Å². The minimum Gasteiger partial charge on any atom is -0.446 e. The Morgan fingerprint density at radius 2 is 1.74 bits per heavy atom. The Labute approximate surface area is 224 Å². The number of fused-ring (bicyclic) bond motifs is 1. The second kappa shape index (κ2) is 11.0. The SMILES string of the molecule is CC(CCCc1nc(N)c2[nH]c(C(=O)c3ccccc3)nc2n1)(CC1NCC(=O)O1)NC(=O)c1ccccc1. The number of carbonyl (C=O) groups is 3. The summed E-state index contributed by atoms with van der Waals surface area (Å²) in [5.41, 5.74) is 7.26. The Morgan fingerprint density at radius 1 is 1.05 bits per heavy atom. The number of aryl methyl sites for hydroxylation is 1. The number of carbonyl (C=O) groups excluding carboxylic acids is 3. The lowest BCUT2D eigenvalue weighted by Crippen LogP contribution is -2.49. The highest BCUT2D eigenvalue weighted by molar-refractivity contribution is 6.08. The van der Waals surface area contributed by atoms with E-state index in [1.54, 1.807) is 48.5 Å². The van der Waals surface area contributed by atoms with Crippen LogP contribution in [0.25, 0.3) is 11.2 Å². The van der Waals surface area contributed by atoms with Crippen LogP contribution in [0.4, 0.5) is 5.82 Å². The highest BCUT2D eigenvalue weighted by Gasteiger charge is 2.34. The number of benzene rings is 2. The molecule has 2 unspecified atom stereocenters. The van der Waals surface area contributed by atoms with Crippen LogP contribution in [0.5, 0.6) is 0 Å². The number of rotatable bonds is 10. The number of nitrogens with zero attached hydrogens (tertiary/aromatic N) is 3. The zero-order valence-electron chi connectivity index (χ0n) is 21.4. The summed E-state index contributed by atoms with van der Waals surface area (Å²) in [7, 11) is 0. The molecule has 0 aliphatic carbocycles. The molecule has 0 saturated carbocycles. The molecule has 4 aromatic rings. The minimum absolute atomic E-state index is 0.138. The molecule has 1 aliphatic heterocycles. The number of hydrogen-bond acceptors (Lipinski definition) is 9. The van der Waals surface area contributed by atoms with Crippen molar-refractivity contribution in [1.29, 1.82) is 0 Å². The van der Waals surface area contributed by atoms with Gasteiger partial charge in [-0.05, 0) is 31.9 Å². The molecule has 2 atom stereocenters. The lowest BCUT2D eigenvalue weighted by Gasteiger charge is -2.33. The standard InChI is InChI=1S/C28H29N7O4/c1-28(15-20-30-16-21(36)39-20,35-27(38)18-11-6-3-7-12-18)14-8-13-19-31-24(29)22-25(32-19)34-26(33-22)23(37)17-9-4-2-5-10-17/h2-7,9-12,20,30H,8,13-16H2,1H3,(H,35,38)(H3,29,31,32,33,34). The van der Waals surface area contributed by atoms with Gasteiger partial charge in [-0.3, -0.25) is 19.7 Å². The number of imidazole rings is 1. The van der Waals surface area contributed by atoms with Crippen LogP contribution < -0.4 is 16.4 Å². The number of ketones is 1. The Bertz CT molecular complexity index is 1510. The molecule has 2 aromatic heterocycles. The molecule has 200 valence electrons. The van der Waals surface area contributed by atoms with E-state index >= 15 is 0 Å². The molecule has 1 amide bonds. The molecule has 2 aromatic carbocycles. The average molecular weight is 528 g/mol. The molecule has 1 fully saturated rings. The van der Waals surface area contributed by atoms with Crippen LogP contribution in [0.15, 0.2) is 60.7 Å². The third-order valence-electron chi connectivity index (χ3n) is 6.64. The van der Waals surface area contributed by atoms with E-state index in [0.29, 0.717) is 53.8 Å². The summed E-state index contributed by atoms with van der Waals surface area (Å²) in [4.78, 5) is 53.6. The van der Waals surface area contributed by atoms with E-state index in [0.717, 1.165) is 0 Å². The van der Waals surface area contributed by atoms with Crippen molar-refractivity contribution in [3.63, 3.8) is 0 Å². The summed E-state index contributed by atoms with van der Waals surface area (Å²) in [6.45, 7) is 2.06. The van der Waals surface area contributed by atoms with Crippen LogP contribution in [0, 0.1) is 0 Å². The highest BCUT2D eigenvalue weighted by Crippen LogP contribution is 2.24. The molecular formula is C28H29N7O4. The first-order valence-corrected chi connectivity index (χ1v) is 12.7. The third kappa shape index (κ3) is 6.10. The molecule has 11 nitrogen and oxygen atoms in total. The van der Waals surface area contributed by atoms with Gasteiger partial charge < -0.3 is 20.8 Å². The van der Waals surface area contributed by atoms with Crippen molar-refractivity contribution in [2.75, 3.05) is 12.3 Å². The maximum absolute atomic E-state index is 13.0. The number of ether oxygens (including phenoxy) is 1. The number of nitrogens with two attached hydrogens (primary N) is 1. The number of esters is 1. The number of hydrogen-bond donors (Lipinski definition) is 4. The van der Waals surface area contributed by atoms with E-state index in [1.165, 1.54) is 0 Å². The van der Waals surface area contributed by atoms with Crippen LogP contribution in [0.3, 0.4) is 0 Å². The van der Waals surface area contributed by atoms with Crippen LogP contribution in [-0.4, -0.2) is 55.9 Å². The number of aromatic nitrogens is 4. The summed E-state index contributed by atoms with van der Waals surface area (Å²) >= 11 is 0. The number of nitrogens with one attached hydrogen (secondary N) is 3. The Balaban J connectivity index is 1.29. The number of nitrogen functional groups attached to an aromatic ring is 1. The Kier molecular flexibility index (Phi) is 7.33. The van der Waals surface area contributed by atoms with E-state index in [1.807, 2.05) is 19.1 Å². The van der Waals surface area contributed by atoms with Crippen molar-refractivity contribution in [2.24, 2.45) is 0 Å². The molecule has 0 spiro atoms. The Hall–Kier alpha value is -4.64. The normalized spacial score (nSPS) is 16.5. The van der Waals surface area contributed by atoms with Gasteiger partial charge >= 0.3 is 5.97 Å². The van der Waals surface area contributed by atoms with Gasteiger partial charge in [-0.2, -0.15) is 0 Å². The number of H-pyrrole nitrogens is 1. The molecule has 3 heterocycles. The number of cyclic esters (lactones) is 1. The second-order valence-corrected chi connectivity index (χ2v) is 9.80. The maximum Gasteiger partial charge on any atom is 0.321 e. The van der Waals surface area contributed by atoms with E-state index in [9.17, 15) is 14.4 Å². The van der Waals surface area contributed by atoms with Gasteiger partial charge in [0.15, 0.2) is 23.5 Å². The van der Waals surface area contributed by atoms with Crippen LogP contribution in [0.1, 0.15) is 58.6 Å². The van der Waals surface area contributed by atoms with Gasteiger partial charge in [0.2, 0.25) is 5.78 Å². The van der Waals surface area contributed by atoms with Gasteiger partial charge in [0.1, 0.15) is 11.3 Å².